The molecule has 0 saturated carbocycles. The number of ether oxygens (including phenoxy) is 1. The van der Waals surface area contributed by atoms with Crippen LogP contribution in [0, 0.1) is 0 Å². The highest BCUT2D eigenvalue weighted by Gasteiger charge is 2.16. The molecule has 0 aromatic heterocycles. The number of hydrogen-bond acceptors (Lipinski definition) is 5. The van der Waals surface area contributed by atoms with Crippen LogP contribution in [-0.2, 0) is 14.3 Å². The van der Waals surface area contributed by atoms with E-state index in [1.54, 1.807) is 36.4 Å². The summed E-state index contributed by atoms with van der Waals surface area (Å²) in [7, 11) is 1.32. The summed E-state index contributed by atoms with van der Waals surface area (Å²) in [5, 5.41) is 3.15. The van der Waals surface area contributed by atoms with Gasteiger partial charge in [-0.05, 0) is 18.2 Å². The number of rotatable bonds is 8. The normalized spacial score (nSPS) is 10.2. The van der Waals surface area contributed by atoms with Crippen LogP contribution < -0.4 is 5.32 Å². The molecule has 0 aliphatic heterocycles. The summed E-state index contributed by atoms with van der Waals surface area (Å²) in [5.74, 6) is -0.146. The van der Waals surface area contributed by atoms with Crippen molar-refractivity contribution < 1.29 is 19.1 Å². The van der Waals surface area contributed by atoms with E-state index in [2.05, 4.69) is 10.1 Å². The lowest BCUT2D eigenvalue weighted by Crippen LogP contribution is -2.17. The van der Waals surface area contributed by atoms with E-state index in [4.69, 9.17) is 11.6 Å². The molecule has 2 aromatic rings. The predicted octanol–water partition coefficient (Wildman–Crippen LogP) is 3.81. The van der Waals surface area contributed by atoms with Gasteiger partial charge < -0.3 is 10.1 Å². The number of nitrogens with one attached hydrogen (secondary N) is 1. The second kappa shape index (κ2) is 9.99. The third-order valence-electron chi connectivity index (χ3n) is 3.45. The van der Waals surface area contributed by atoms with Crippen molar-refractivity contribution in [1.82, 2.24) is 0 Å². The maximum atomic E-state index is 12.7. The van der Waals surface area contributed by atoms with Crippen molar-refractivity contribution >= 4 is 46.7 Å². The van der Waals surface area contributed by atoms with Gasteiger partial charge in [-0.25, -0.2) is 0 Å². The molecule has 1 amide bonds. The molecule has 0 radical (unpaired) electrons. The molecule has 136 valence electrons. The van der Waals surface area contributed by atoms with Crippen molar-refractivity contribution in [1.29, 1.82) is 0 Å². The van der Waals surface area contributed by atoms with Gasteiger partial charge in [-0.2, -0.15) is 11.8 Å². The lowest BCUT2D eigenvalue weighted by Gasteiger charge is -2.11. The number of methoxy groups -OCH3 is 1. The van der Waals surface area contributed by atoms with Gasteiger partial charge >= 0.3 is 5.97 Å². The molecule has 0 spiro atoms. The number of amides is 1. The van der Waals surface area contributed by atoms with Crippen LogP contribution in [0.2, 0.25) is 5.02 Å². The minimum Gasteiger partial charge on any atom is -0.469 e. The highest BCUT2D eigenvalue weighted by Crippen LogP contribution is 2.24. The Morgan fingerprint density at radius 3 is 2.54 bits per heavy atom. The highest BCUT2D eigenvalue weighted by atomic mass is 35.5. The van der Waals surface area contributed by atoms with Crippen LogP contribution in [0.25, 0.3) is 0 Å². The van der Waals surface area contributed by atoms with Crippen molar-refractivity contribution in [3.8, 4) is 0 Å². The first-order chi connectivity index (χ1) is 12.5. The van der Waals surface area contributed by atoms with E-state index < -0.39 is 0 Å². The lowest BCUT2D eigenvalue weighted by molar-refractivity contribution is -0.140. The van der Waals surface area contributed by atoms with E-state index in [-0.39, 0.29) is 29.8 Å². The molecule has 26 heavy (non-hydrogen) atoms. The molecule has 0 unspecified atom stereocenters. The van der Waals surface area contributed by atoms with Crippen LogP contribution in [0.15, 0.2) is 48.5 Å². The fraction of sp³-hybridized carbons (Fsp3) is 0.211. The Morgan fingerprint density at radius 2 is 1.85 bits per heavy atom. The summed E-state index contributed by atoms with van der Waals surface area (Å²) < 4.78 is 4.55. The topological polar surface area (TPSA) is 72.5 Å². The molecule has 0 saturated heterocycles. The van der Waals surface area contributed by atoms with Crippen molar-refractivity contribution in [2.45, 2.75) is 6.42 Å². The third-order valence-corrected chi connectivity index (χ3v) is 4.64. The number of benzene rings is 2. The van der Waals surface area contributed by atoms with E-state index >= 15 is 0 Å². The molecule has 1 N–H and O–H groups in total. The van der Waals surface area contributed by atoms with Crippen molar-refractivity contribution in [2.75, 3.05) is 23.9 Å². The van der Waals surface area contributed by atoms with Gasteiger partial charge in [0.25, 0.3) is 0 Å². The molecule has 0 aliphatic rings. The van der Waals surface area contributed by atoms with Crippen molar-refractivity contribution in [3.63, 3.8) is 0 Å². The van der Waals surface area contributed by atoms with Crippen molar-refractivity contribution in [3.05, 3.63) is 64.7 Å². The standard InChI is InChI=1S/C19H18ClNO4S/c1-25-18(23)9-10-26-12-17(22)21-16-8-7-14(20)11-15(16)19(24)13-5-3-2-4-6-13/h2-8,11H,9-10,12H2,1H3,(H,21,22). The Hall–Kier alpha value is -2.31. The fourth-order valence-corrected chi connectivity index (χ4v) is 3.05. The summed E-state index contributed by atoms with van der Waals surface area (Å²) >= 11 is 7.33. The second-order valence-electron chi connectivity index (χ2n) is 5.31. The molecule has 7 heteroatoms. The van der Waals surface area contributed by atoms with E-state index in [0.29, 0.717) is 27.6 Å². The molecule has 5 nitrogen and oxygen atoms in total. The Labute approximate surface area is 161 Å². The van der Waals surface area contributed by atoms with Crippen molar-refractivity contribution in [2.24, 2.45) is 0 Å². The van der Waals surface area contributed by atoms with E-state index in [0.717, 1.165) is 0 Å². The minimum atomic E-state index is -0.314. The zero-order chi connectivity index (χ0) is 18.9. The predicted molar refractivity (Wildman–Crippen MR) is 104 cm³/mol. The smallest absolute Gasteiger partial charge is 0.306 e. The van der Waals surface area contributed by atoms with Crippen LogP contribution in [0.5, 0.6) is 0 Å². The molecule has 0 bridgehead atoms. The van der Waals surface area contributed by atoms with Gasteiger partial charge in [0.05, 0.1) is 25.0 Å². The van der Waals surface area contributed by atoms with Gasteiger partial charge in [-0.3, -0.25) is 14.4 Å². The summed E-state index contributed by atoms with van der Waals surface area (Å²) in [4.78, 5) is 35.9. The molecule has 0 heterocycles. The van der Waals surface area contributed by atoms with E-state index in [1.807, 2.05) is 6.07 Å². The average molecular weight is 392 g/mol. The zero-order valence-electron chi connectivity index (χ0n) is 14.2. The monoisotopic (exact) mass is 391 g/mol. The lowest BCUT2D eigenvalue weighted by atomic mass is 10.0. The Kier molecular flexibility index (Phi) is 7.69. The number of hydrogen-bond donors (Lipinski definition) is 1. The van der Waals surface area contributed by atoms with Crippen LogP contribution in [0.1, 0.15) is 22.3 Å². The first-order valence-corrected chi connectivity index (χ1v) is 9.38. The van der Waals surface area contributed by atoms with Gasteiger partial charge in [0.1, 0.15) is 0 Å². The summed E-state index contributed by atoms with van der Waals surface area (Å²) in [6, 6.07) is 13.5. The van der Waals surface area contributed by atoms with E-state index in [9.17, 15) is 14.4 Å². The minimum absolute atomic E-state index is 0.165. The number of esters is 1. The largest absolute Gasteiger partial charge is 0.469 e. The molecule has 0 aliphatic carbocycles. The molecule has 2 aromatic carbocycles. The fourth-order valence-electron chi connectivity index (χ4n) is 2.17. The average Bonchev–Trinajstić information content (AvgIpc) is 2.66. The quantitative estimate of drug-likeness (QED) is 0.421. The van der Waals surface area contributed by atoms with Gasteiger partial charge in [0.15, 0.2) is 5.78 Å². The van der Waals surface area contributed by atoms with E-state index in [1.165, 1.54) is 24.9 Å². The summed E-state index contributed by atoms with van der Waals surface area (Å²) in [6.45, 7) is 0. The number of anilines is 1. The Morgan fingerprint density at radius 1 is 1.12 bits per heavy atom. The Balaban J connectivity index is 2.04. The van der Waals surface area contributed by atoms with Gasteiger partial charge in [-0.1, -0.05) is 41.9 Å². The molecule has 0 fully saturated rings. The van der Waals surface area contributed by atoms with Crippen LogP contribution in [0.3, 0.4) is 0 Å². The maximum Gasteiger partial charge on any atom is 0.306 e. The maximum absolute atomic E-state index is 12.7. The SMILES string of the molecule is COC(=O)CCSCC(=O)Nc1ccc(Cl)cc1C(=O)c1ccccc1. The van der Waals surface area contributed by atoms with Gasteiger partial charge in [0.2, 0.25) is 5.91 Å². The first kappa shape index (κ1) is 20.0. The molecule has 2 rings (SSSR count). The van der Waals surface area contributed by atoms with Crippen LogP contribution in [0.4, 0.5) is 5.69 Å². The molecular formula is C19H18ClNO4S. The number of carbonyl (C=O) groups is 3. The number of halogens is 1. The third kappa shape index (κ3) is 5.89. The number of ketones is 1. The zero-order valence-corrected chi connectivity index (χ0v) is 15.7. The van der Waals surface area contributed by atoms with Crippen LogP contribution >= 0.6 is 23.4 Å². The van der Waals surface area contributed by atoms with Gasteiger partial charge in [0, 0.05) is 21.9 Å². The first-order valence-electron chi connectivity index (χ1n) is 7.85. The molecular weight excluding hydrogens is 374 g/mol. The number of carbonyl (C=O) groups excluding carboxylic acids is 3. The van der Waals surface area contributed by atoms with Gasteiger partial charge in [-0.15, -0.1) is 0 Å². The molecule has 0 atom stereocenters. The number of thioether (sulfide) groups is 1. The Bertz CT molecular complexity index is 795. The highest BCUT2D eigenvalue weighted by molar-refractivity contribution is 7.99. The second-order valence-corrected chi connectivity index (χ2v) is 6.85. The summed E-state index contributed by atoms with van der Waals surface area (Å²) in [6.07, 6.45) is 0.243. The summed E-state index contributed by atoms with van der Waals surface area (Å²) in [5.41, 5.74) is 1.25. The van der Waals surface area contributed by atoms with Crippen LogP contribution in [-0.4, -0.2) is 36.3 Å².